The summed E-state index contributed by atoms with van der Waals surface area (Å²) in [4.78, 5) is 27.3. The van der Waals surface area contributed by atoms with Crippen molar-refractivity contribution in [2.75, 3.05) is 13.1 Å². The van der Waals surface area contributed by atoms with Crippen LogP contribution in [0.25, 0.3) is 0 Å². The Balaban J connectivity index is 0.000000219. The Morgan fingerprint density at radius 3 is 2.62 bits per heavy atom. The molecule has 3 aliphatic carbocycles. The minimum absolute atomic E-state index is 0. The molecular weight excluding hydrogens is 484 g/mol. The summed E-state index contributed by atoms with van der Waals surface area (Å²) in [6, 6.07) is 6.35. The molecule has 3 N–H and O–H groups in total. The zero-order valence-corrected chi connectivity index (χ0v) is 24.0. The number of amides is 1. The number of ketones is 1. The van der Waals surface area contributed by atoms with Crippen molar-refractivity contribution in [1.29, 1.82) is 0 Å². The summed E-state index contributed by atoms with van der Waals surface area (Å²) >= 11 is 0. The molecule has 211 valence electrons. The van der Waals surface area contributed by atoms with Gasteiger partial charge in [-0.25, -0.2) is 0 Å². The van der Waals surface area contributed by atoms with Crippen LogP contribution in [0.2, 0.25) is 0 Å². The quantitative estimate of drug-likeness (QED) is 0.244. The number of hydrogen-bond donors (Lipinski definition) is 2. The highest BCUT2D eigenvalue weighted by atomic mass is 16.2. The molecule has 1 saturated carbocycles. The number of aryl methyl sites for hydroxylation is 1. The van der Waals surface area contributed by atoms with E-state index in [1.807, 2.05) is 37.3 Å². The summed E-state index contributed by atoms with van der Waals surface area (Å²) in [5, 5.41) is 4.43. The van der Waals surface area contributed by atoms with Crippen LogP contribution in [0.4, 0.5) is 0 Å². The molecule has 1 unspecified atom stereocenters. The van der Waals surface area contributed by atoms with Crippen LogP contribution >= 0.6 is 0 Å². The van der Waals surface area contributed by atoms with Crippen LogP contribution in [0.15, 0.2) is 58.9 Å². The lowest BCUT2D eigenvalue weighted by atomic mass is 9.72. The highest BCUT2D eigenvalue weighted by molar-refractivity contribution is 6.04. The maximum absolute atomic E-state index is 13.0. The number of nitrogens with one attached hydrogen (secondary N) is 1. The van der Waals surface area contributed by atoms with Crippen LogP contribution in [0.5, 0.6) is 0 Å². The topological polar surface area (TPSA) is 87.8 Å². The smallest absolute Gasteiger partial charge is 0.233 e. The van der Waals surface area contributed by atoms with Crippen LogP contribution < -0.4 is 11.2 Å². The Labute approximate surface area is 236 Å². The van der Waals surface area contributed by atoms with Crippen molar-refractivity contribution in [3.8, 4) is 0 Å². The molecule has 0 bridgehead atoms. The number of benzene rings is 1. The summed E-state index contributed by atoms with van der Waals surface area (Å²) in [6.07, 6.45) is 15.1. The van der Waals surface area contributed by atoms with E-state index in [1.165, 1.54) is 36.0 Å². The van der Waals surface area contributed by atoms with Crippen LogP contribution in [-0.2, 0) is 22.6 Å². The third kappa shape index (κ3) is 5.96. The minimum atomic E-state index is -0.106. The van der Waals surface area contributed by atoms with Gasteiger partial charge in [0.25, 0.3) is 0 Å². The van der Waals surface area contributed by atoms with E-state index in [0.717, 1.165) is 74.2 Å². The SMILES string of the molecule is C=CC/C(=N\NCC)c1ccc(CN)cc1CC.CC1=C(N2CCC3(CCCCC3)C2=O)CC2=C[CH]C2C1=O.[HH]. The summed E-state index contributed by atoms with van der Waals surface area (Å²) in [7, 11) is 0. The van der Waals surface area contributed by atoms with Crippen molar-refractivity contribution in [3.63, 3.8) is 0 Å². The zero-order chi connectivity index (χ0) is 28.0. The van der Waals surface area contributed by atoms with E-state index in [-0.39, 0.29) is 18.5 Å². The fourth-order valence-corrected chi connectivity index (χ4v) is 6.40. The van der Waals surface area contributed by atoms with Crippen LogP contribution in [-0.4, -0.2) is 35.4 Å². The number of rotatable bonds is 8. The molecule has 6 nitrogen and oxygen atoms in total. The van der Waals surface area contributed by atoms with Crippen LogP contribution in [0.3, 0.4) is 0 Å². The van der Waals surface area contributed by atoms with Crippen LogP contribution in [0, 0.1) is 17.8 Å². The van der Waals surface area contributed by atoms with E-state index < -0.39 is 0 Å². The van der Waals surface area contributed by atoms with Gasteiger partial charge in [-0.3, -0.25) is 9.59 Å². The summed E-state index contributed by atoms with van der Waals surface area (Å²) < 4.78 is 0. The number of fused-ring (bicyclic) bond motifs is 1. The molecule has 1 heterocycles. The number of allylic oxidation sites excluding steroid dienone is 4. The summed E-state index contributed by atoms with van der Waals surface area (Å²) in [5.74, 6) is 0.507. The molecule has 39 heavy (non-hydrogen) atoms. The van der Waals surface area contributed by atoms with Gasteiger partial charge in [0, 0.05) is 50.7 Å². The Bertz CT molecular complexity index is 1190. The Morgan fingerprint density at radius 1 is 1.23 bits per heavy atom. The first-order valence-electron chi connectivity index (χ1n) is 14.7. The molecule has 1 atom stereocenters. The van der Waals surface area contributed by atoms with Gasteiger partial charge in [-0.2, -0.15) is 5.10 Å². The molecule has 2 fully saturated rings. The molecule has 4 aliphatic rings. The highest BCUT2D eigenvalue weighted by Gasteiger charge is 2.49. The van der Waals surface area contributed by atoms with Crippen LogP contribution in [0.1, 0.15) is 90.3 Å². The van der Waals surface area contributed by atoms with Crippen molar-refractivity contribution in [2.45, 2.75) is 85.1 Å². The van der Waals surface area contributed by atoms with E-state index in [1.54, 1.807) is 0 Å². The first-order valence-corrected chi connectivity index (χ1v) is 14.7. The molecule has 1 spiro atoms. The lowest BCUT2D eigenvalue weighted by Crippen LogP contribution is -2.39. The lowest BCUT2D eigenvalue weighted by molar-refractivity contribution is -0.136. The fourth-order valence-electron chi connectivity index (χ4n) is 6.40. The standard InChI is InChI=1S/C18H22NO2.C15H23N3.H2/c1-12-15(11-13-5-6-14(13)16(12)20)19-10-9-18(17(19)21)7-3-2-4-8-18;1-4-7-15(18-17-6-3)14-9-8-12(11-16)10-13(14)5-2;/h5-6,14H,2-4,7-11H2,1H3;4,8-10,17H,1,5-7,11,16H2,2-3H3;1H/b;18-15+;. The number of carbonyl (C=O) groups excluding carboxylic acids is 2. The molecule has 1 radical (unpaired) electrons. The molecule has 6 heteroatoms. The van der Waals surface area contributed by atoms with Crippen molar-refractivity contribution in [2.24, 2.45) is 22.2 Å². The van der Waals surface area contributed by atoms with Crippen molar-refractivity contribution >= 4 is 17.4 Å². The second kappa shape index (κ2) is 12.9. The number of nitrogens with two attached hydrogens (primary N) is 1. The Kier molecular flexibility index (Phi) is 9.60. The van der Waals surface area contributed by atoms with Gasteiger partial charge in [0.05, 0.1) is 17.0 Å². The van der Waals surface area contributed by atoms with Gasteiger partial charge < -0.3 is 16.1 Å². The number of nitrogens with zero attached hydrogens (tertiary/aromatic N) is 2. The van der Waals surface area contributed by atoms with Gasteiger partial charge >= 0.3 is 0 Å². The van der Waals surface area contributed by atoms with E-state index >= 15 is 0 Å². The largest absolute Gasteiger partial charge is 0.326 e. The number of likely N-dealkylation sites (tertiary alicyclic amines) is 1. The van der Waals surface area contributed by atoms with Gasteiger partial charge in [0.2, 0.25) is 5.91 Å². The molecule has 0 aromatic heterocycles. The number of hydrogen-bond acceptors (Lipinski definition) is 5. The monoisotopic (exact) mass is 531 g/mol. The third-order valence-corrected chi connectivity index (χ3v) is 8.81. The second-order valence-electron chi connectivity index (χ2n) is 11.2. The van der Waals surface area contributed by atoms with Gasteiger partial charge in [-0.1, -0.05) is 62.1 Å². The number of Topliss-reactive ketones (excluding diaryl/α,β-unsaturated/α-hetero) is 1. The number of carbonyl (C=O) groups is 2. The molecule has 1 amide bonds. The highest BCUT2D eigenvalue weighted by Crippen LogP contribution is 2.48. The van der Waals surface area contributed by atoms with Gasteiger partial charge in [-0.05, 0) is 57.1 Å². The van der Waals surface area contributed by atoms with Gasteiger partial charge in [0.15, 0.2) is 5.78 Å². The maximum atomic E-state index is 13.0. The molecule has 5 rings (SSSR count). The predicted octanol–water partition coefficient (Wildman–Crippen LogP) is 6.02. The average molecular weight is 532 g/mol. The lowest BCUT2D eigenvalue weighted by Gasteiger charge is -2.37. The normalized spacial score (nSPS) is 22.2. The van der Waals surface area contributed by atoms with E-state index in [0.29, 0.717) is 12.5 Å². The Hall–Kier alpha value is -2.99. The number of hydrazone groups is 1. The summed E-state index contributed by atoms with van der Waals surface area (Å²) in [6.45, 7) is 12.1. The zero-order valence-electron chi connectivity index (χ0n) is 24.0. The summed E-state index contributed by atoms with van der Waals surface area (Å²) in [5.41, 5.74) is 16.3. The van der Waals surface area contributed by atoms with Gasteiger partial charge in [-0.15, -0.1) is 6.58 Å². The third-order valence-electron chi connectivity index (χ3n) is 8.81. The maximum Gasteiger partial charge on any atom is 0.233 e. The van der Waals surface area contributed by atoms with Crippen molar-refractivity contribution < 1.29 is 11.0 Å². The molecule has 1 aromatic rings. The molecular formula is C33H47N4O2. The van der Waals surface area contributed by atoms with E-state index in [9.17, 15) is 9.59 Å². The first-order chi connectivity index (χ1) is 18.9. The molecule has 1 aliphatic heterocycles. The van der Waals surface area contributed by atoms with E-state index in [2.05, 4.69) is 42.2 Å². The second-order valence-corrected chi connectivity index (χ2v) is 11.2. The van der Waals surface area contributed by atoms with E-state index in [4.69, 9.17) is 5.73 Å². The van der Waals surface area contributed by atoms with Crippen molar-refractivity contribution in [1.82, 2.24) is 10.3 Å². The molecule has 1 saturated heterocycles. The van der Waals surface area contributed by atoms with Gasteiger partial charge in [0.1, 0.15) is 0 Å². The van der Waals surface area contributed by atoms with Crippen molar-refractivity contribution in [3.05, 3.63) is 76.9 Å². The minimum Gasteiger partial charge on any atom is -0.326 e. The first kappa shape index (κ1) is 29.0. The molecule has 1 aromatic carbocycles. The average Bonchev–Trinajstić information content (AvgIpc) is 3.24. The predicted molar refractivity (Wildman–Crippen MR) is 161 cm³/mol. The fraction of sp³-hybridized carbons (Fsp3) is 0.515. The Morgan fingerprint density at radius 2 is 2.00 bits per heavy atom.